The third-order valence-corrected chi connectivity index (χ3v) is 5.15. The van der Waals surface area contributed by atoms with Crippen LogP contribution in [0.2, 0.25) is 0 Å². The molecule has 0 aliphatic rings. The van der Waals surface area contributed by atoms with E-state index in [-0.39, 0.29) is 5.91 Å². The Labute approximate surface area is 169 Å². The summed E-state index contributed by atoms with van der Waals surface area (Å²) >= 11 is 1.37. The van der Waals surface area contributed by atoms with E-state index in [0.29, 0.717) is 34.0 Å². The van der Waals surface area contributed by atoms with E-state index in [1.54, 1.807) is 29.4 Å². The van der Waals surface area contributed by atoms with Crippen molar-refractivity contribution in [1.82, 2.24) is 19.7 Å². The molecule has 0 radical (unpaired) electrons. The van der Waals surface area contributed by atoms with Gasteiger partial charge in [-0.15, -0.1) is 11.3 Å². The molecule has 0 atom stereocenters. The van der Waals surface area contributed by atoms with Crippen LogP contribution in [0.5, 0.6) is 0 Å². The highest BCUT2D eigenvalue weighted by molar-refractivity contribution is 7.13. The molecule has 8 heteroatoms. The van der Waals surface area contributed by atoms with E-state index in [2.05, 4.69) is 15.4 Å². The highest BCUT2D eigenvalue weighted by Crippen LogP contribution is 2.26. The second-order valence-corrected chi connectivity index (χ2v) is 7.23. The number of fused-ring (bicyclic) bond motifs is 1. The van der Waals surface area contributed by atoms with Crippen LogP contribution in [0.15, 0.2) is 77.0 Å². The van der Waals surface area contributed by atoms with Gasteiger partial charge in [0, 0.05) is 17.1 Å². The van der Waals surface area contributed by atoms with Crippen molar-refractivity contribution in [2.24, 2.45) is 0 Å². The molecular weight excluding hydrogens is 386 g/mol. The van der Waals surface area contributed by atoms with Gasteiger partial charge in [0.2, 0.25) is 0 Å². The largest absolute Gasteiger partial charge is 0.467 e. The minimum Gasteiger partial charge on any atom is -0.467 e. The molecule has 4 heterocycles. The number of hydrogen-bond acceptors (Lipinski definition) is 6. The molecule has 5 aromatic rings. The zero-order chi connectivity index (χ0) is 19.6. The van der Waals surface area contributed by atoms with Crippen molar-refractivity contribution >= 4 is 33.4 Å². The van der Waals surface area contributed by atoms with Crippen molar-refractivity contribution in [2.45, 2.75) is 6.54 Å². The normalized spacial score (nSPS) is 11.0. The maximum Gasteiger partial charge on any atom is 0.258 e. The van der Waals surface area contributed by atoms with E-state index in [0.717, 1.165) is 11.3 Å². The molecule has 29 heavy (non-hydrogen) atoms. The number of benzene rings is 1. The van der Waals surface area contributed by atoms with Crippen LogP contribution in [0.3, 0.4) is 0 Å². The molecule has 7 nitrogen and oxygen atoms in total. The Morgan fingerprint density at radius 1 is 1.17 bits per heavy atom. The molecule has 1 aromatic carbocycles. The van der Waals surface area contributed by atoms with Gasteiger partial charge in [-0.2, -0.15) is 5.10 Å². The number of furan rings is 1. The van der Waals surface area contributed by atoms with E-state index in [9.17, 15) is 4.79 Å². The van der Waals surface area contributed by atoms with E-state index in [4.69, 9.17) is 9.40 Å². The fourth-order valence-electron chi connectivity index (χ4n) is 3.11. The molecule has 1 N–H and O–H groups in total. The minimum absolute atomic E-state index is 0.248. The van der Waals surface area contributed by atoms with Crippen LogP contribution in [0.25, 0.3) is 22.3 Å². The van der Waals surface area contributed by atoms with Crippen LogP contribution < -0.4 is 5.32 Å². The maximum absolute atomic E-state index is 13.0. The summed E-state index contributed by atoms with van der Waals surface area (Å²) < 4.78 is 7.18. The first kappa shape index (κ1) is 17.3. The summed E-state index contributed by atoms with van der Waals surface area (Å²) in [7, 11) is 0. The summed E-state index contributed by atoms with van der Waals surface area (Å²) in [6.45, 7) is 0.426. The van der Waals surface area contributed by atoms with Crippen LogP contribution in [0.1, 0.15) is 16.1 Å². The monoisotopic (exact) mass is 401 g/mol. The fourth-order valence-corrected chi connectivity index (χ4v) is 3.63. The lowest BCUT2D eigenvalue weighted by molar-refractivity contribution is 0.102. The highest BCUT2D eigenvalue weighted by Gasteiger charge is 2.18. The number of carbonyl (C=O) groups excluding carboxylic acids is 1. The molecule has 1 amide bonds. The predicted molar refractivity (Wildman–Crippen MR) is 111 cm³/mol. The van der Waals surface area contributed by atoms with Crippen LogP contribution in [0, 0.1) is 0 Å². The van der Waals surface area contributed by atoms with Gasteiger partial charge in [0.15, 0.2) is 10.8 Å². The number of hydrogen-bond donors (Lipinski definition) is 1. The SMILES string of the molecule is O=C(Nc1nccs1)c1cc(-c2ccccc2)nc2c1cnn2Cc1ccco1. The zero-order valence-electron chi connectivity index (χ0n) is 15.1. The van der Waals surface area contributed by atoms with Crippen molar-refractivity contribution in [3.05, 3.63) is 83.9 Å². The van der Waals surface area contributed by atoms with Gasteiger partial charge < -0.3 is 4.42 Å². The Balaban J connectivity index is 1.64. The molecule has 0 spiro atoms. The lowest BCUT2D eigenvalue weighted by atomic mass is 10.1. The topological polar surface area (TPSA) is 85.8 Å². The Kier molecular flexibility index (Phi) is 4.38. The second kappa shape index (κ2) is 7.33. The molecule has 0 aliphatic heterocycles. The third-order valence-electron chi connectivity index (χ3n) is 4.46. The summed E-state index contributed by atoms with van der Waals surface area (Å²) in [6.07, 6.45) is 4.94. The van der Waals surface area contributed by atoms with Crippen LogP contribution in [-0.4, -0.2) is 25.7 Å². The molecule has 4 aromatic heterocycles. The summed E-state index contributed by atoms with van der Waals surface area (Å²) in [4.78, 5) is 21.9. The molecule has 5 rings (SSSR count). The number of nitrogens with zero attached hydrogens (tertiary/aromatic N) is 4. The van der Waals surface area contributed by atoms with Crippen LogP contribution >= 0.6 is 11.3 Å². The Hall–Kier alpha value is -3.78. The molecule has 0 bridgehead atoms. The van der Waals surface area contributed by atoms with Gasteiger partial charge in [-0.1, -0.05) is 30.3 Å². The molecule has 0 saturated carbocycles. The number of thiazole rings is 1. The van der Waals surface area contributed by atoms with Crippen LogP contribution in [-0.2, 0) is 6.54 Å². The van der Waals surface area contributed by atoms with E-state index in [1.807, 2.05) is 47.8 Å². The lowest BCUT2D eigenvalue weighted by Crippen LogP contribution is -2.13. The summed E-state index contributed by atoms with van der Waals surface area (Å²) in [6, 6.07) is 15.3. The number of carbonyl (C=O) groups is 1. The van der Waals surface area contributed by atoms with E-state index < -0.39 is 0 Å². The number of nitrogens with one attached hydrogen (secondary N) is 1. The molecule has 0 saturated heterocycles. The van der Waals surface area contributed by atoms with E-state index in [1.165, 1.54) is 11.3 Å². The van der Waals surface area contributed by atoms with Crippen LogP contribution in [0.4, 0.5) is 5.13 Å². The van der Waals surface area contributed by atoms with Crippen molar-refractivity contribution < 1.29 is 9.21 Å². The van der Waals surface area contributed by atoms with Crippen molar-refractivity contribution in [3.63, 3.8) is 0 Å². The van der Waals surface area contributed by atoms with E-state index >= 15 is 0 Å². The van der Waals surface area contributed by atoms with Gasteiger partial charge in [0.05, 0.1) is 29.1 Å². The number of rotatable bonds is 5. The smallest absolute Gasteiger partial charge is 0.258 e. The fraction of sp³-hybridized carbons (Fsp3) is 0.0476. The summed E-state index contributed by atoms with van der Waals surface area (Å²) in [5.74, 6) is 0.512. The standard InChI is InChI=1S/C21H15N5O2S/c27-20(25-21-22-8-10-29-21)16-11-18(14-5-2-1-3-6-14)24-19-17(16)12-23-26(19)13-15-7-4-9-28-15/h1-12H,13H2,(H,22,25,27). The average molecular weight is 401 g/mol. The summed E-state index contributed by atoms with van der Waals surface area (Å²) in [5, 5.41) is 10.3. The zero-order valence-corrected chi connectivity index (χ0v) is 16.0. The highest BCUT2D eigenvalue weighted by atomic mass is 32.1. The Morgan fingerprint density at radius 2 is 2.07 bits per heavy atom. The van der Waals surface area contributed by atoms with Gasteiger partial charge in [0.1, 0.15) is 12.3 Å². The summed E-state index contributed by atoms with van der Waals surface area (Å²) in [5.41, 5.74) is 2.73. The van der Waals surface area contributed by atoms with Gasteiger partial charge in [-0.25, -0.2) is 14.6 Å². The number of aromatic nitrogens is 4. The lowest BCUT2D eigenvalue weighted by Gasteiger charge is -2.08. The third kappa shape index (κ3) is 3.41. The van der Waals surface area contributed by atoms with Gasteiger partial charge in [0.25, 0.3) is 5.91 Å². The number of anilines is 1. The quantitative estimate of drug-likeness (QED) is 0.470. The number of pyridine rings is 1. The maximum atomic E-state index is 13.0. The van der Waals surface area contributed by atoms with Gasteiger partial charge >= 0.3 is 0 Å². The van der Waals surface area contributed by atoms with Crippen molar-refractivity contribution in [3.8, 4) is 11.3 Å². The number of amides is 1. The second-order valence-electron chi connectivity index (χ2n) is 6.33. The molecule has 142 valence electrons. The Bertz CT molecular complexity index is 1260. The predicted octanol–water partition coefficient (Wildman–Crippen LogP) is 4.45. The molecule has 0 aliphatic carbocycles. The molecule has 0 unspecified atom stereocenters. The molecular formula is C21H15N5O2S. The minimum atomic E-state index is -0.248. The first-order valence-electron chi connectivity index (χ1n) is 8.93. The van der Waals surface area contributed by atoms with Crippen molar-refractivity contribution in [1.29, 1.82) is 0 Å². The first-order valence-corrected chi connectivity index (χ1v) is 9.81. The van der Waals surface area contributed by atoms with Crippen molar-refractivity contribution in [2.75, 3.05) is 5.32 Å². The average Bonchev–Trinajstić information content (AvgIpc) is 3.51. The Morgan fingerprint density at radius 3 is 2.83 bits per heavy atom. The van der Waals surface area contributed by atoms with Gasteiger partial charge in [-0.05, 0) is 18.2 Å². The molecule has 0 fully saturated rings. The van der Waals surface area contributed by atoms with Gasteiger partial charge in [-0.3, -0.25) is 10.1 Å². The first-order chi connectivity index (χ1) is 14.3.